The normalized spacial score (nSPS) is 13.2. The summed E-state index contributed by atoms with van der Waals surface area (Å²) < 4.78 is 11.6. The molecule has 1 heterocycles. The van der Waals surface area contributed by atoms with Gasteiger partial charge in [0.15, 0.2) is 0 Å². The van der Waals surface area contributed by atoms with Crippen LogP contribution in [0.3, 0.4) is 0 Å². The second-order valence-corrected chi connectivity index (χ2v) is 9.00. The summed E-state index contributed by atoms with van der Waals surface area (Å²) in [6.07, 6.45) is 0. The Hall–Kier alpha value is -3.85. The smallest absolute Gasteiger partial charge is 0.255 e. The number of hydrogen-bond acceptors (Lipinski definition) is 5. The minimum atomic E-state index is -0.341. The van der Waals surface area contributed by atoms with E-state index in [1.54, 1.807) is 59.4 Å². The predicted octanol–water partition coefficient (Wildman–Crippen LogP) is 3.96. The maximum absolute atomic E-state index is 12.9. The number of carbonyl (C=O) groups is 3. The van der Waals surface area contributed by atoms with Gasteiger partial charge in [-0.1, -0.05) is 18.2 Å². The van der Waals surface area contributed by atoms with Crippen molar-refractivity contribution in [2.24, 2.45) is 0 Å². The van der Waals surface area contributed by atoms with Gasteiger partial charge >= 0.3 is 0 Å². The summed E-state index contributed by atoms with van der Waals surface area (Å²) in [5.41, 5.74) is 0.948. The third kappa shape index (κ3) is 6.23. The highest BCUT2D eigenvalue weighted by molar-refractivity contribution is 9.10. The maximum Gasteiger partial charge on any atom is 0.255 e. The molecule has 1 saturated heterocycles. The van der Waals surface area contributed by atoms with E-state index < -0.39 is 0 Å². The molecule has 3 aromatic rings. The molecule has 0 saturated carbocycles. The van der Waals surface area contributed by atoms with Gasteiger partial charge in [0.1, 0.15) is 17.2 Å². The summed E-state index contributed by atoms with van der Waals surface area (Å²) in [7, 11) is 1.55. The van der Waals surface area contributed by atoms with Crippen LogP contribution in [0.15, 0.2) is 77.3 Å². The zero-order valence-electron chi connectivity index (χ0n) is 19.8. The van der Waals surface area contributed by atoms with E-state index in [0.29, 0.717) is 59.0 Å². The molecule has 9 heteroatoms. The van der Waals surface area contributed by atoms with Gasteiger partial charge in [-0.25, -0.2) is 0 Å². The number of halogens is 1. The zero-order valence-corrected chi connectivity index (χ0v) is 21.4. The van der Waals surface area contributed by atoms with Crippen molar-refractivity contribution in [2.45, 2.75) is 0 Å². The number of nitrogens with one attached hydrogen (secondary N) is 1. The van der Waals surface area contributed by atoms with Crippen molar-refractivity contribution in [2.75, 3.05) is 39.8 Å². The monoisotopic (exact) mass is 551 g/mol. The van der Waals surface area contributed by atoms with Gasteiger partial charge in [-0.2, -0.15) is 0 Å². The molecule has 1 N–H and O–H groups in total. The van der Waals surface area contributed by atoms with Crippen molar-refractivity contribution in [3.8, 4) is 17.2 Å². The highest BCUT2D eigenvalue weighted by Crippen LogP contribution is 2.24. The number of methoxy groups -OCH3 is 1. The molecule has 0 spiro atoms. The average Bonchev–Trinajstić information content (AvgIpc) is 2.92. The predicted molar refractivity (Wildman–Crippen MR) is 138 cm³/mol. The van der Waals surface area contributed by atoms with Crippen molar-refractivity contribution in [1.29, 1.82) is 0 Å². The number of carbonyl (C=O) groups excluding carboxylic acids is 3. The quantitative estimate of drug-likeness (QED) is 0.480. The van der Waals surface area contributed by atoms with Crippen molar-refractivity contribution < 1.29 is 23.9 Å². The lowest BCUT2D eigenvalue weighted by Crippen LogP contribution is -2.52. The molecule has 3 amide bonds. The largest absolute Gasteiger partial charge is 0.497 e. The van der Waals surface area contributed by atoms with Crippen molar-refractivity contribution in [3.05, 3.63) is 88.4 Å². The lowest BCUT2D eigenvalue weighted by molar-refractivity contribution is -0.131. The Bertz CT molecular complexity index is 1230. The highest BCUT2D eigenvalue weighted by atomic mass is 79.9. The first-order valence-electron chi connectivity index (χ1n) is 11.5. The topological polar surface area (TPSA) is 88.2 Å². The van der Waals surface area contributed by atoms with E-state index in [2.05, 4.69) is 21.2 Å². The summed E-state index contributed by atoms with van der Waals surface area (Å²) in [6, 6.07) is 21.3. The van der Waals surface area contributed by atoms with Gasteiger partial charge in [-0.15, -0.1) is 0 Å². The van der Waals surface area contributed by atoms with Crippen LogP contribution in [0.5, 0.6) is 17.2 Å². The number of para-hydroxylation sites is 1. The Labute approximate surface area is 217 Å². The van der Waals surface area contributed by atoms with E-state index in [1.807, 2.05) is 30.3 Å². The Kier molecular flexibility index (Phi) is 8.22. The first-order chi connectivity index (χ1) is 17.4. The molecule has 0 bridgehead atoms. The summed E-state index contributed by atoms with van der Waals surface area (Å²) >= 11 is 3.42. The van der Waals surface area contributed by atoms with Crippen LogP contribution in [-0.2, 0) is 4.79 Å². The molecule has 0 aromatic heterocycles. The molecule has 0 aliphatic carbocycles. The van der Waals surface area contributed by atoms with E-state index in [-0.39, 0.29) is 24.3 Å². The first kappa shape index (κ1) is 25.2. The van der Waals surface area contributed by atoms with E-state index in [0.717, 1.165) is 0 Å². The lowest BCUT2D eigenvalue weighted by Gasteiger charge is -2.35. The second-order valence-electron chi connectivity index (χ2n) is 8.14. The van der Waals surface area contributed by atoms with Gasteiger partial charge in [0.05, 0.1) is 19.2 Å². The van der Waals surface area contributed by atoms with E-state index in [9.17, 15) is 14.4 Å². The summed E-state index contributed by atoms with van der Waals surface area (Å²) in [4.78, 5) is 41.4. The van der Waals surface area contributed by atoms with Gasteiger partial charge in [-0.3, -0.25) is 14.4 Å². The molecule has 0 unspecified atom stereocenters. The van der Waals surface area contributed by atoms with Gasteiger partial charge in [-0.05, 0) is 70.5 Å². The van der Waals surface area contributed by atoms with Crippen LogP contribution in [0.1, 0.15) is 20.7 Å². The van der Waals surface area contributed by atoms with Crippen LogP contribution in [0, 0.1) is 0 Å². The third-order valence-corrected chi connectivity index (χ3v) is 6.51. The van der Waals surface area contributed by atoms with E-state index >= 15 is 0 Å². The Balaban J connectivity index is 1.24. The molecule has 0 radical (unpaired) electrons. The van der Waals surface area contributed by atoms with Gasteiger partial charge < -0.3 is 24.6 Å². The van der Waals surface area contributed by atoms with Crippen LogP contribution in [-0.4, -0.2) is 67.4 Å². The van der Waals surface area contributed by atoms with Gasteiger partial charge in [0.25, 0.3) is 11.8 Å². The standard InChI is InChI=1S/C27H26BrN3O5/c1-35-22-11-12-24(28)23(17-22)27(34)31-15-13-30(14-16-31)25(32)18-29-26(33)19-7-9-21(10-8-19)36-20-5-3-2-4-6-20/h2-12,17H,13-16,18H2,1H3,(H,29,33). The number of rotatable bonds is 7. The minimum absolute atomic E-state index is 0.115. The zero-order chi connectivity index (χ0) is 25.5. The number of nitrogens with zero attached hydrogens (tertiary/aromatic N) is 2. The van der Waals surface area contributed by atoms with Crippen LogP contribution < -0.4 is 14.8 Å². The van der Waals surface area contributed by atoms with Crippen molar-refractivity contribution in [3.63, 3.8) is 0 Å². The Morgan fingerprint density at radius 3 is 2.11 bits per heavy atom. The van der Waals surface area contributed by atoms with Crippen LogP contribution in [0.2, 0.25) is 0 Å². The van der Waals surface area contributed by atoms with E-state index in [4.69, 9.17) is 9.47 Å². The molecule has 0 atom stereocenters. The van der Waals surface area contributed by atoms with E-state index in [1.165, 1.54) is 0 Å². The number of benzene rings is 3. The lowest BCUT2D eigenvalue weighted by atomic mass is 10.1. The second kappa shape index (κ2) is 11.7. The fourth-order valence-corrected chi connectivity index (χ4v) is 4.21. The third-order valence-electron chi connectivity index (χ3n) is 5.82. The highest BCUT2D eigenvalue weighted by Gasteiger charge is 2.26. The molecule has 4 rings (SSSR count). The SMILES string of the molecule is COc1ccc(Br)c(C(=O)N2CCN(C(=O)CNC(=O)c3ccc(Oc4ccccc4)cc3)CC2)c1. The molecule has 8 nitrogen and oxygen atoms in total. The molecule has 36 heavy (non-hydrogen) atoms. The van der Waals surface area contributed by atoms with Gasteiger partial charge in [0, 0.05) is 36.2 Å². The molecule has 1 aliphatic heterocycles. The molecular formula is C27H26BrN3O5. The average molecular weight is 552 g/mol. The van der Waals surface area contributed by atoms with Crippen LogP contribution in [0.25, 0.3) is 0 Å². The summed E-state index contributed by atoms with van der Waals surface area (Å²) in [6.45, 7) is 1.49. The molecule has 1 fully saturated rings. The summed E-state index contributed by atoms with van der Waals surface area (Å²) in [5, 5.41) is 2.67. The van der Waals surface area contributed by atoms with Gasteiger partial charge in [0.2, 0.25) is 5.91 Å². The number of piperazine rings is 1. The Morgan fingerprint density at radius 2 is 1.44 bits per heavy atom. The van der Waals surface area contributed by atoms with Crippen LogP contribution in [0.4, 0.5) is 0 Å². The molecular weight excluding hydrogens is 526 g/mol. The summed E-state index contributed by atoms with van der Waals surface area (Å²) in [5.74, 6) is 1.26. The number of amides is 3. The molecule has 186 valence electrons. The fourth-order valence-electron chi connectivity index (χ4n) is 3.79. The maximum atomic E-state index is 12.9. The van der Waals surface area contributed by atoms with Crippen LogP contribution >= 0.6 is 15.9 Å². The minimum Gasteiger partial charge on any atom is -0.497 e. The molecule has 3 aromatic carbocycles. The first-order valence-corrected chi connectivity index (χ1v) is 12.3. The number of ether oxygens (including phenoxy) is 2. The molecule has 1 aliphatic rings. The van der Waals surface area contributed by atoms with Crippen molar-refractivity contribution in [1.82, 2.24) is 15.1 Å². The Morgan fingerprint density at radius 1 is 0.833 bits per heavy atom. The van der Waals surface area contributed by atoms with Crippen molar-refractivity contribution >= 4 is 33.7 Å². The number of hydrogen-bond donors (Lipinski definition) is 1. The fraction of sp³-hybridized carbons (Fsp3) is 0.222.